The molecule has 1 atom stereocenters. The zero-order valence-corrected chi connectivity index (χ0v) is 19.3. The summed E-state index contributed by atoms with van der Waals surface area (Å²) in [6, 6.07) is 7.28. The van der Waals surface area contributed by atoms with E-state index in [4.69, 9.17) is 4.74 Å². The number of benzene rings is 1. The third-order valence-electron chi connectivity index (χ3n) is 4.73. The van der Waals surface area contributed by atoms with E-state index in [1.54, 1.807) is 12.1 Å². The van der Waals surface area contributed by atoms with Crippen LogP contribution in [0.4, 0.5) is 10.1 Å². The number of nitrogens with zero attached hydrogens (tertiary/aromatic N) is 1. The quantitative estimate of drug-likeness (QED) is 0.277. The monoisotopic (exact) mass is 446 g/mol. The van der Waals surface area contributed by atoms with Crippen molar-refractivity contribution in [3.05, 3.63) is 66.0 Å². The molecule has 176 valence electrons. The Morgan fingerprint density at radius 3 is 2.47 bits per heavy atom. The predicted octanol–water partition coefficient (Wildman–Crippen LogP) is 5.44. The van der Waals surface area contributed by atoms with Gasteiger partial charge in [-0.2, -0.15) is 0 Å². The van der Waals surface area contributed by atoms with Gasteiger partial charge in [-0.25, -0.2) is 4.39 Å². The van der Waals surface area contributed by atoms with Crippen LogP contribution in [0.2, 0.25) is 0 Å². The van der Waals surface area contributed by atoms with Gasteiger partial charge in [-0.1, -0.05) is 51.1 Å². The van der Waals surface area contributed by atoms with Crippen LogP contribution in [0.3, 0.4) is 0 Å². The first-order valence-electron chi connectivity index (χ1n) is 10.9. The molecule has 0 saturated heterocycles. The lowest BCUT2D eigenvalue weighted by molar-refractivity contribution is -0.144. The average molecular weight is 447 g/mol. The number of amides is 1. The fourth-order valence-electron chi connectivity index (χ4n) is 3.03. The molecule has 0 heterocycles. The molecule has 1 aromatic carbocycles. The lowest BCUT2D eigenvalue weighted by Crippen LogP contribution is -2.41. The Bertz CT molecular complexity index is 799. The molecule has 32 heavy (non-hydrogen) atoms. The van der Waals surface area contributed by atoms with Crippen molar-refractivity contribution in [1.29, 1.82) is 0 Å². The third-order valence-corrected chi connectivity index (χ3v) is 4.73. The highest BCUT2D eigenvalue weighted by atomic mass is 19.1. The Labute approximate surface area is 190 Å². The van der Waals surface area contributed by atoms with E-state index in [0.717, 1.165) is 18.4 Å². The lowest BCUT2D eigenvalue weighted by atomic mass is 10.1. The first-order valence-corrected chi connectivity index (χ1v) is 10.9. The molecule has 0 saturated carbocycles. The fraction of sp³-hybridized carbons (Fsp3) is 0.440. The maximum Gasteiger partial charge on any atom is 0.317 e. The van der Waals surface area contributed by atoms with Gasteiger partial charge in [-0.3, -0.25) is 14.5 Å². The van der Waals surface area contributed by atoms with Gasteiger partial charge in [0.1, 0.15) is 6.23 Å². The van der Waals surface area contributed by atoms with Crippen molar-refractivity contribution in [2.24, 2.45) is 0 Å². The fourth-order valence-corrected chi connectivity index (χ4v) is 3.03. The van der Waals surface area contributed by atoms with Gasteiger partial charge in [0.05, 0.1) is 25.4 Å². The van der Waals surface area contributed by atoms with Crippen molar-refractivity contribution < 1.29 is 23.8 Å². The maximum atomic E-state index is 12.9. The number of anilines is 1. The molecular weight excluding hydrogens is 411 g/mol. The van der Waals surface area contributed by atoms with E-state index >= 15 is 0 Å². The van der Waals surface area contributed by atoms with Crippen molar-refractivity contribution >= 4 is 17.6 Å². The van der Waals surface area contributed by atoms with E-state index < -0.39 is 5.97 Å². The van der Waals surface area contributed by atoms with E-state index in [1.807, 2.05) is 24.0 Å². The van der Waals surface area contributed by atoms with Gasteiger partial charge in [0.2, 0.25) is 5.91 Å². The van der Waals surface area contributed by atoms with E-state index in [-0.39, 0.29) is 30.9 Å². The van der Waals surface area contributed by atoms with Crippen LogP contribution < -0.4 is 5.32 Å². The van der Waals surface area contributed by atoms with Crippen LogP contribution in [0, 0.1) is 0 Å². The molecule has 0 spiro atoms. The van der Waals surface area contributed by atoms with Crippen LogP contribution in [-0.4, -0.2) is 41.2 Å². The van der Waals surface area contributed by atoms with Gasteiger partial charge in [0.25, 0.3) is 0 Å². The van der Waals surface area contributed by atoms with Crippen LogP contribution in [0.25, 0.3) is 0 Å². The Kier molecular flexibility index (Phi) is 12.9. The summed E-state index contributed by atoms with van der Waals surface area (Å²) in [4.78, 5) is 25.3. The minimum Gasteiger partial charge on any atom is -0.480 e. The van der Waals surface area contributed by atoms with Crippen LogP contribution in [0.1, 0.15) is 52.0 Å². The normalized spacial score (nSPS) is 13.2. The zero-order valence-electron chi connectivity index (χ0n) is 19.3. The number of carboxylic acids is 1. The highest BCUT2D eigenvalue weighted by Crippen LogP contribution is 2.15. The van der Waals surface area contributed by atoms with Crippen LogP contribution >= 0.6 is 0 Å². The number of halogens is 1. The number of carbonyl (C=O) groups is 2. The summed E-state index contributed by atoms with van der Waals surface area (Å²) in [5, 5.41) is 12.0. The number of unbranched alkanes of at least 4 members (excludes halogenated alkanes) is 1. The Hall–Kier alpha value is -2.77. The summed E-state index contributed by atoms with van der Waals surface area (Å²) in [6.07, 6.45) is 6.74. The number of carboxylic acid groups (broad SMARTS) is 1. The summed E-state index contributed by atoms with van der Waals surface area (Å²) >= 11 is 0. The average Bonchev–Trinajstić information content (AvgIpc) is 2.75. The van der Waals surface area contributed by atoms with Crippen LogP contribution in [-0.2, 0) is 20.9 Å². The summed E-state index contributed by atoms with van der Waals surface area (Å²) < 4.78 is 18.8. The third kappa shape index (κ3) is 11.0. The molecule has 7 heteroatoms. The van der Waals surface area contributed by atoms with Gasteiger partial charge < -0.3 is 15.2 Å². The standard InChI is InChI=1S/C25H35FN2O4/c1-5-8-15-28(17-25(30)31)24(7-3)32-18-21-11-13-22(14-12-21)27-23(29)16-20(6-2)10-9-19(4)26/h6,9-14,24H,2,5,7-8,15-18H2,1,3-4H3,(H,27,29)(H,30,31)/b19-9+,20-10+. The van der Waals surface area contributed by atoms with Crippen molar-refractivity contribution in [3.63, 3.8) is 0 Å². The van der Waals surface area contributed by atoms with E-state index in [2.05, 4.69) is 18.8 Å². The minimum atomic E-state index is -0.867. The zero-order chi connectivity index (χ0) is 23.9. The topological polar surface area (TPSA) is 78.9 Å². The molecule has 6 nitrogen and oxygen atoms in total. The van der Waals surface area contributed by atoms with Crippen molar-refractivity contribution in [2.45, 2.75) is 59.3 Å². The number of allylic oxidation sites excluding steroid dienone is 4. The number of carbonyl (C=O) groups excluding carboxylic acids is 1. The molecule has 0 bridgehead atoms. The predicted molar refractivity (Wildman–Crippen MR) is 126 cm³/mol. The molecular formula is C25H35FN2O4. The first kappa shape index (κ1) is 27.3. The summed E-state index contributed by atoms with van der Waals surface area (Å²) in [7, 11) is 0. The second kappa shape index (κ2) is 15.1. The molecule has 0 fully saturated rings. The smallest absolute Gasteiger partial charge is 0.317 e. The molecule has 0 radical (unpaired) electrons. The molecule has 0 aliphatic rings. The van der Waals surface area contributed by atoms with Gasteiger partial charge in [-0.15, -0.1) is 0 Å². The number of hydrogen-bond acceptors (Lipinski definition) is 4. The van der Waals surface area contributed by atoms with Gasteiger partial charge in [0, 0.05) is 12.2 Å². The van der Waals surface area contributed by atoms with Crippen molar-refractivity contribution in [2.75, 3.05) is 18.4 Å². The second-order valence-electron chi connectivity index (χ2n) is 7.51. The largest absolute Gasteiger partial charge is 0.480 e. The van der Waals surface area contributed by atoms with Gasteiger partial charge in [-0.05, 0) is 49.1 Å². The molecule has 1 aromatic rings. The molecule has 2 N–H and O–H groups in total. The molecule has 0 aliphatic heterocycles. The summed E-state index contributed by atoms with van der Waals surface area (Å²) in [6.45, 7) is 9.99. The van der Waals surface area contributed by atoms with Crippen molar-refractivity contribution in [1.82, 2.24) is 4.90 Å². The number of aliphatic carboxylic acids is 1. The maximum absolute atomic E-state index is 12.9. The minimum absolute atomic E-state index is 0.0503. The van der Waals surface area contributed by atoms with E-state index in [1.165, 1.54) is 25.2 Å². The lowest BCUT2D eigenvalue weighted by Gasteiger charge is -2.29. The van der Waals surface area contributed by atoms with E-state index in [9.17, 15) is 19.1 Å². The highest BCUT2D eigenvalue weighted by molar-refractivity contribution is 5.92. The Morgan fingerprint density at radius 2 is 1.94 bits per heavy atom. The summed E-state index contributed by atoms with van der Waals surface area (Å²) in [5.74, 6) is -1.44. The van der Waals surface area contributed by atoms with Gasteiger partial charge in [0.15, 0.2) is 0 Å². The number of nitrogens with one attached hydrogen (secondary N) is 1. The number of hydrogen-bond donors (Lipinski definition) is 2. The van der Waals surface area contributed by atoms with E-state index in [0.29, 0.717) is 30.8 Å². The van der Waals surface area contributed by atoms with Crippen molar-refractivity contribution in [3.8, 4) is 0 Å². The molecule has 0 aromatic heterocycles. The first-order chi connectivity index (χ1) is 15.3. The van der Waals surface area contributed by atoms with Crippen LogP contribution in [0.15, 0.2) is 60.5 Å². The van der Waals surface area contributed by atoms with Gasteiger partial charge >= 0.3 is 5.97 Å². The second-order valence-corrected chi connectivity index (χ2v) is 7.51. The molecule has 1 unspecified atom stereocenters. The molecule has 1 rings (SSSR count). The number of ether oxygens (including phenoxy) is 1. The Morgan fingerprint density at radius 1 is 1.25 bits per heavy atom. The molecule has 0 aliphatic carbocycles. The molecule has 1 amide bonds. The highest BCUT2D eigenvalue weighted by Gasteiger charge is 2.19. The van der Waals surface area contributed by atoms with Crippen LogP contribution in [0.5, 0.6) is 0 Å². The SMILES string of the molecule is C=C/C(=C\C=C(/C)F)CC(=O)Nc1ccc(COC(CC)N(CCCC)CC(=O)O)cc1. The summed E-state index contributed by atoms with van der Waals surface area (Å²) in [5.41, 5.74) is 2.17. The Balaban J connectivity index is 2.66. The number of rotatable bonds is 15.